The Kier molecular flexibility index (Phi) is 5.46. The van der Waals surface area contributed by atoms with E-state index in [1.165, 1.54) is 6.92 Å². The molecule has 21 heavy (non-hydrogen) atoms. The summed E-state index contributed by atoms with van der Waals surface area (Å²) < 4.78 is 12.1. The summed E-state index contributed by atoms with van der Waals surface area (Å²) in [7, 11) is 0. The number of terminal acetylenes is 1. The lowest BCUT2D eigenvalue weighted by Crippen LogP contribution is -2.34. The molecule has 2 aromatic carbocycles. The third kappa shape index (κ3) is 4.69. The molecule has 3 nitrogen and oxygen atoms in total. The molecule has 0 aliphatic rings. The van der Waals surface area contributed by atoms with Gasteiger partial charge in [-0.25, -0.2) is 0 Å². The van der Waals surface area contributed by atoms with Crippen molar-refractivity contribution >= 4 is 24.9 Å². The summed E-state index contributed by atoms with van der Waals surface area (Å²) in [5, 5.41) is 0.467. The second-order valence-corrected chi connectivity index (χ2v) is 6.78. The Morgan fingerprint density at radius 2 is 1.86 bits per heavy atom. The van der Waals surface area contributed by atoms with E-state index in [0.717, 1.165) is 10.2 Å². The highest BCUT2D eigenvalue weighted by molar-refractivity contribution is 6.69. The molecule has 2 rings (SSSR count). The molecule has 4 heteroatoms. The van der Waals surface area contributed by atoms with Gasteiger partial charge in [0.05, 0.1) is 0 Å². The molecule has 0 fully saturated rings. The number of ether oxygens (including phenoxy) is 1. The van der Waals surface area contributed by atoms with Gasteiger partial charge in [0.25, 0.3) is 5.97 Å². The molecule has 0 spiro atoms. The predicted octanol–water partition coefficient (Wildman–Crippen LogP) is 2.87. The van der Waals surface area contributed by atoms with E-state index in [9.17, 15) is 4.79 Å². The number of carbonyl (C=O) groups is 1. The lowest BCUT2D eigenvalue weighted by Gasteiger charge is -2.12. The largest absolute Gasteiger partial charge is 0.613 e. The molecule has 0 atom stereocenters. The summed E-state index contributed by atoms with van der Waals surface area (Å²) in [5.74, 6) is 3.76. The lowest BCUT2D eigenvalue weighted by molar-refractivity contribution is -0.132. The number of rotatable bonds is 5. The number of para-hydroxylation sites is 1. The Hall–Kier alpha value is -2.20. The van der Waals surface area contributed by atoms with Gasteiger partial charge in [-0.15, -0.1) is 12.3 Å². The van der Waals surface area contributed by atoms with Crippen LogP contribution in [-0.4, -0.2) is 20.5 Å². The highest BCUT2D eigenvalue weighted by atomic mass is 27.2. The van der Waals surface area contributed by atoms with Crippen LogP contribution in [0.4, 0.5) is 0 Å². The maximum absolute atomic E-state index is 11.2. The van der Waals surface area contributed by atoms with Crippen molar-refractivity contribution in [3.05, 3.63) is 54.6 Å². The van der Waals surface area contributed by atoms with Crippen LogP contribution in [0.2, 0.25) is 5.28 Å². The van der Waals surface area contributed by atoms with E-state index in [-0.39, 0.29) is 5.97 Å². The zero-order valence-corrected chi connectivity index (χ0v) is 12.9. The fourth-order valence-electron chi connectivity index (χ4n) is 1.94. The lowest BCUT2D eigenvalue weighted by atomic mass is 10.3. The Morgan fingerprint density at radius 1 is 1.14 bits per heavy atom. The molecule has 0 saturated heterocycles. The highest BCUT2D eigenvalue weighted by Crippen LogP contribution is 2.19. The smallest absolute Gasteiger partial charge is 0.603 e. The molecule has 0 amide bonds. The summed E-state index contributed by atoms with van der Waals surface area (Å²) in [6.07, 6.45) is 5.37. The van der Waals surface area contributed by atoms with E-state index in [1.54, 1.807) is 0 Å². The molecule has 104 valence electrons. The monoisotopic (exact) mass is 294 g/mol. The van der Waals surface area contributed by atoms with Gasteiger partial charge in [-0.3, -0.25) is 4.79 Å². The van der Waals surface area contributed by atoms with Crippen LogP contribution in [0.1, 0.15) is 6.92 Å². The standard InChI is InChI=1S/C12H9O.C3H3.C2H4O2.Al/c1-3-7-11(8-4-1)13-12-9-5-2-6-10-12;1-3-2;1-2(3)4;/h1-5,7-10H;1H,2H2;1H3,(H,3,4);/q;;;+1/p-1. The van der Waals surface area contributed by atoms with Crippen molar-refractivity contribution in [1.29, 1.82) is 0 Å². The fraction of sp³-hybridized carbons (Fsp3) is 0.118. The average molecular weight is 294 g/mol. The van der Waals surface area contributed by atoms with Crippen LogP contribution in [0.15, 0.2) is 54.6 Å². The summed E-state index contributed by atoms with van der Waals surface area (Å²) in [5.41, 5.74) is 0. The minimum Gasteiger partial charge on any atom is -0.613 e. The molecule has 0 aromatic heterocycles. The molecule has 0 unspecified atom stereocenters. The van der Waals surface area contributed by atoms with Crippen molar-refractivity contribution in [3.8, 4) is 23.8 Å². The molecule has 0 radical (unpaired) electrons. The van der Waals surface area contributed by atoms with Gasteiger partial charge >= 0.3 is 14.5 Å². The number of carbonyl (C=O) groups excluding carboxylic acids is 1. The van der Waals surface area contributed by atoms with Crippen molar-refractivity contribution in [2.45, 2.75) is 12.2 Å². The topological polar surface area (TPSA) is 35.5 Å². The number of benzene rings is 2. The SMILES string of the molecule is C#C[CH2][Al]([O]C(C)=O)[c]1cccc(Oc2ccccc2)c1. The molecule has 0 N–H and O–H groups in total. The fourth-order valence-corrected chi connectivity index (χ4v) is 3.68. The van der Waals surface area contributed by atoms with E-state index in [1.807, 2.05) is 54.6 Å². The van der Waals surface area contributed by atoms with E-state index in [0.29, 0.717) is 11.0 Å². The highest BCUT2D eigenvalue weighted by Gasteiger charge is 2.27. The van der Waals surface area contributed by atoms with Crippen LogP contribution in [0.3, 0.4) is 0 Å². The molecule has 0 saturated carbocycles. The summed E-state index contributed by atoms with van der Waals surface area (Å²) in [6, 6.07) is 17.1. The minimum atomic E-state index is -1.95. The summed E-state index contributed by atoms with van der Waals surface area (Å²) in [4.78, 5) is 11.2. The molecular weight excluding hydrogens is 279 g/mol. The molecule has 0 heterocycles. The van der Waals surface area contributed by atoms with Gasteiger partial charge in [-0.2, -0.15) is 0 Å². The normalized spacial score (nSPS) is 9.52. The van der Waals surface area contributed by atoms with Gasteiger partial charge in [0.1, 0.15) is 11.5 Å². The molecule has 0 bridgehead atoms. The van der Waals surface area contributed by atoms with Gasteiger partial charge in [0, 0.05) is 12.2 Å². The van der Waals surface area contributed by atoms with Gasteiger partial charge in [0.15, 0.2) is 0 Å². The first kappa shape index (κ1) is 15.2. The van der Waals surface area contributed by atoms with E-state index >= 15 is 0 Å². The molecule has 2 aromatic rings. The average Bonchev–Trinajstić information content (AvgIpc) is 2.48. The maximum atomic E-state index is 11.2. The van der Waals surface area contributed by atoms with Crippen LogP contribution in [0.25, 0.3) is 0 Å². The summed E-state index contributed by atoms with van der Waals surface area (Å²) in [6.45, 7) is 1.40. The van der Waals surface area contributed by atoms with Crippen LogP contribution in [0.5, 0.6) is 11.5 Å². The molecule has 0 aliphatic carbocycles. The van der Waals surface area contributed by atoms with Gasteiger partial charge in [-0.1, -0.05) is 34.8 Å². The predicted molar refractivity (Wildman–Crippen MR) is 83.8 cm³/mol. The molecular formula is C17H15AlO3. The van der Waals surface area contributed by atoms with Gasteiger partial charge < -0.3 is 8.53 Å². The van der Waals surface area contributed by atoms with E-state index in [2.05, 4.69) is 5.92 Å². The number of hydrogen-bond acceptors (Lipinski definition) is 3. The minimum absolute atomic E-state index is 0.295. The van der Waals surface area contributed by atoms with E-state index in [4.69, 9.17) is 14.9 Å². The Bertz CT molecular complexity index is 647. The van der Waals surface area contributed by atoms with Crippen molar-refractivity contribution in [1.82, 2.24) is 0 Å². The molecule has 0 aliphatic heterocycles. The first-order valence-electron chi connectivity index (χ1n) is 6.62. The van der Waals surface area contributed by atoms with Gasteiger partial charge in [-0.05, 0) is 24.3 Å². The van der Waals surface area contributed by atoms with Crippen molar-refractivity contribution in [2.75, 3.05) is 0 Å². The van der Waals surface area contributed by atoms with Crippen LogP contribution < -0.4 is 9.16 Å². The quantitative estimate of drug-likeness (QED) is 0.628. The maximum Gasteiger partial charge on any atom is 0.603 e. The Labute approximate surface area is 129 Å². The van der Waals surface area contributed by atoms with Crippen LogP contribution >= 0.6 is 0 Å². The first-order chi connectivity index (χ1) is 10.2. The van der Waals surface area contributed by atoms with Crippen molar-refractivity contribution < 1.29 is 13.3 Å². The second kappa shape index (κ2) is 7.55. The number of hydrogen-bond donors (Lipinski definition) is 0. The summed E-state index contributed by atoms with van der Waals surface area (Å²) >= 11 is -1.95. The van der Waals surface area contributed by atoms with Crippen molar-refractivity contribution in [2.24, 2.45) is 0 Å². The third-order valence-electron chi connectivity index (χ3n) is 2.82. The Morgan fingerprint density at radius 3 is 2.52 bits per heavy atom. The second-order valence-electron chi connectivity index (χ2n) is 4.49. The van der Waals surface area contributed by atoms with Crippen molar-refractivity contribution in [3.63, 3.8) is 0 Å². The first-order valence-corrected chi connectivity index (χ1v) is 8.49. The van der Waals surface area contributed by atoms with E-state index < -0.39 is 14.5 Å². The van der Waals surface area contributed by atoms with Crippen LogP contribution in [-0.2, 0) is 8.58 Å². The van der Waals surface area contributed by atoms with Gasteiger partial charge in [0.2, 0.25) is 0 Å². The van der Waals surface area contributed by atoms with Crippen LogP contribution in [0, 0.1) is 12.3 Å². The third-order valence-corrected chi connectivity index (χ3v) is 5.15. The Balaban J connectivity index is 2.19. The zero-order valence-electron chi connectivity index (χ0n) is 11.8. The zero-order chi connectivity index (χ0) is 15.1.